The van der Waals surface area contributed by atoms with Gasteiger partial charge < -0.3 is 10.1 Å². The summed E-state index contributed by atoms with van der Waals surface area (Å²) in [4.78, 5) is 11.3. The quantitative estimate of drug-likeness (QED) is 0.906. The van der Waals surface area contributed by atoms with E-state index < -0.39 is 0 Å². The molecule has 1 aromatic carbocycles. The summed E-state index contributed by atoms with van der Waals surface area (Å²) in [6.45, 7) is 1.89. The number of nitrogens with one attached hydrogen (secondary N) is 1. The predicted molar refractivity (Wildman–Crippen MR) is 64.9 cm³/mol. The van der Waals surface area contributed by atoms with Gasteiger partial charge in [0.25, 0.3) is 0 Å². The van der Waals surface area contributed by atoms with Crippen LogP contribution in [0.5, 0.6) is 0 Å². The van der Waals surface area contributed by atoms with Gasteiger partial charge in [-0.15, -0.1) is 0 Å². The first-order valence-electron chi connectivity index (χ1n) is 4.78. The molecule has 0 aliphatic carbocycles. The smallest absolute Gasteiger partial charge is 0.246 e. The number of benzene rings is 1. The van der Waals surface area contributed by atoms with E-state index in [-0.39, 0.29) is 18.6 Å². The van der Waals surface area contributed by atoms with Crippen molar-refractivity contribution in [1.82, 2.24) is 5.32 Å². The Morgan fingerprint density at radius 3 is 2.75 bits per heavy atom. The molecule has 0 aliphatic heterocycles. The van der Waals surface area contributed by atoms with Gasteiger partial charge in [-0.3, -0.25) is 4.79 Å². The van der Waals surface area contributed by atoms with Crippen molar-refractivity contribution in [2.75, 3.05) is 13.7 Å². The third-order valence-electron chi connectivity index (χ3n) is 2.08. The van der Waals surface area contributed by atoms with Crippen molar-refractivity contribution in [3.05, 3.63) is 33.8 Å². The molecule has 3 nitrogen and oxygen atoms in total. The van der Waals surface area contributed by atoms with Gasteiger partial charge in [-0.1, -0.05) is 29.3 Å². The lowest BCUT2D eigenvalue weighted by molar-refractivity contribution is -0.125. The van der Waals surface area contributed by atoms with Crippen molar-refractivity contribution in [1.29, 1.82) is 0 Å². The number of rotatable bonds is 4. The van der Waals surface area contributed by atoms with Crippen LogP contribution >= 0.6 is 23.2 Å². The predicted octanol–water partition coefficient (Wildman–Crippen LogP) is 2.82. The number of hydrogen-bond donors (Lipinski definition) is 1. The van der Waals surface area contributed by atoms with Crippen LogP contribution in [0.2, 0.25) is 10.0 Å². The van der Waals surface area contributed by atoms with Crippen LogP contribution in [-0.4, -0.2) is 19.6 Å². The molecule has 0 fully saturated rings. The monoisotopic (exact) mass is 261 g/mol. The molecule has 0 heterocycles. The third-order valence-corrected chi connectivity index (χ3v) is 2.64. The minimum atomic E-state index is -0.180. The first kappa shape index (κ1) is 13.3. The fourth-order valence-corrected chi connectivity index (χ4v) is 1.92. The van der Waals surface area contributed by atoms with Gasteiger partial charge in [-0.05, 0) is 24.6 Å². The average molecular weight is 262 g/mol. The van der Waals surface area contributed by atoms with E-state index in [0.29, 0.717) is 10.0 Å². The van der Waals surface area contributed by atoms with Gasteiger partial charge in [-0.25, -0.2) is 0 Å². The number of carbonyl (C=O) groups excluding carboxylic acids is 1. The Morgan fingerprint density at radius 2 is 2.19 bits per heavy atom. The maximum atomic E-state index is 11.3. The first-order chi connectivity index (χ1) is 7.54. The maximum Gasteiger partial charge on any atom is 0.246 e. The Balaban J connectivity index is 2.72. The number of amides is 1. The molecule has 0 bridgehead atoms. The summed E-state index contributed by atoms with van der Waals surface area (Å²) in [5.41, 5.74) is 0.829. The zero-order chi connectivity index (χ0) is 12.1. The second-order valence-corrected chi connectivity index (χ2v) is 4.23. The Hall–Kier alpha value is -0.770. The summed E-state index contributed by atoms with van der Waals surface area (Å²) in [5.74, 6) is -0.180. The molecule has 1 unspecified atom stereocenters. The van der Waals surface area contributed by atoms with E-state index in [1.807, 2.05) is 6.92 Å². The van der Waals surface area contributed by atoms with Crippen LogP contribution < -0.4 is 5.32 Å². The van der Waals surface area contributed by atoms with Gasteiger partial charge in [0.15, 0.2) is 0 Å². The van der Waals surface area contributed by atoms with E-state index >= 15 is 0 Å². The van der Waals surface area contributed by atoms with Gasteiger partial charge >= 0.3 is 0 Å². The molecule has 16 heavy (non-hydrogen) atoms. The highest BCUT2D eigenvalue weighted by molar-refractivity contribution is 6.35. The second-order valence-electron chi connectivity index (χ2n) is 3.39. The van der Waals surface area contributed by atoms with Gasteiger partial charge in [0.05, 0.1) is 6.04 Å². The topological polar surface area (TPSA) is 38.3 Å². The van der Waals surface area contributed by atoms with Crippen LogP contribution in [0.25, 0.3) is 0 Å². The lowest BCUT2D eigenvalue weighted by atomic mass is 10.1. The van der Waals surface area contributed by atoms with Crippen molar-refractivity contribution in [3.8, 4) is 0 Å². The van der Waals surface area contributed by atoms with E-state index in [4.69, 9.17) is 27.9 Å². The Morgan fingerprint density at radius 1 is 1.50 bits per heavy atom. The number of halogens is 2. The van der Waals surface area contributed by atoms with Gasteiger partial charge in [0.2, 0.25) is 5.91 Å². The molecular formula is C11H13Cl2NO2. The fourth-order valence-electron chi connectivity index (χ4n) is 1.34. The Kier molecular flexibility index (Phi) is 5.06. The second kappa shape index (κ2) is 6.09. The summed E-state index contributed by atoms with van der Waals surface area (Å²) in [6, 6.07) is 5.01. The van der Waals surface area contributed by atoms with E-state index in [1.54, 1.807) is 18.2 Å². The summed E-state index contributed by atoms with van der Waals surface area (Å²) in [7, 11) is 1.47. The lowest BCUT2D eigenvalue weighted by Crippen LogP contribution is -2.29. The normalized spacial score (nSPS) is 12.2. The van der Waals surface area contributed by atoms with Crippen molar-refractivity contribution in [2.45, 2.75) is 13.0 Å². The van der Waals surface area contributed by atoms with Crippen LogP contribution in [0.3, 0.4) is 0 Å². The average Bonchev–Trinajstić information content (AvgIpc) is 2.17. The number of ether oxygens (including phenoxy) is 1. The molecule has 1 rings (SSSR count). The molecule has 0 saturated carbocycles. The third kappa shape index (κ3) is 3.67. The molecule has 1 amide bonds. The minimum absolute atomic E-state index is 0.0373. The van der Waals surface area contributed by atoms with Gasteiger partial charge in [-0.2, -0.15) is 0 Å². The summed E-state index contributed by atoms with van der Waals surface area (Å²) >= 11 is 11.8. The zero-order valence-corrected chi connectivity index (χ0v) is 10.6. The van der Waals surface area contributed by atoms with Crippen molar-refractivity contribution in [2.24, 2.45) is 0 Å². The van der Waals surface area contributed by atoms with Crippen LogP contribution in [0.4, 0.5) is 0 Å². The first-order valence-corrected chi connectivity index (χ1v) is 5.53. The van der Waals surface area contributed by atoms with Crippen LogP contribution in [0, 0.1) is 0 Å². The lowest BCUT2D eigenvalue weighted by Gasteiger charge is -2.15. The molecule has 0 aliphatic rings. The summed E-state index contributed by atoms with van der Waals surface area (Å²) < 4.78 is 4.72. The summed E-state index contributed by atoms with van der Waals surface area (Å²) in [5, 5.41) is 3.88. The molecule has 1 atom stereocenters. The number of methoxy groups -OCH3 is 1. The maximum absolute atomic E-state index is 11.3. The van der Waals surface area contributed by atoms with Gasteiger partial charge in [0, 0.05) is 17.2 Å². The van der Waals surface area contributed by atoms with Crippen molar-refractivity contribution in [3.63, 3.8) is 0 Å². The van der Waals surface area contributed by atoms with E-state index in [1.165, 1.54) is 7.11 Å². The standard InChI is InChI=1S/C11H13Cl2NO2/c1-7(14-11(15)6-16-2)9-4-3-8(12)5-10(9)13/h3-5,7H,6H2,1-2H3,(H,14,15). The van der Waals surface area contributed by atoms with Crippen LogP contribution in [0.1, 0.15) is 18.5 Å². The van der Waals surface area contributed by atoms with E-state index in [0.717, 1.165) is 5.56 Å². The van der Waals surface area contributed by atoms with Crippen LogP contribution in [-0.2, 0) is 9.53 Å². The van der Waals surface area contributed by atoms with E-state index in [9.17, 15) is 4.79 Å². The molecule has 0 aromatic heterocycles. The molecule has 88 valence electrons. The van der Waals surface area contributed by atoms with E-state index in [2.05, 4.69) is 5.32 Å². The molecule has 0 spiro atoms. The molecule has 1 aromatic rings. The molecular weight excluding hydrogens is 249 g/mol. The largest absolute Gasteiger partial charge is 0.375 e. The Labute approximate surface area is 105 Å². The Bertz CT molecular complexity index is 382. The number of hydrogen-bond acceptors (Lipinski definition) is 2. The minimum Gasteiger partial charge on any atom is -0.375 e. The molecule has 1 N–H and O–H groups in total. The molecule has 0 radical (unpaired) electrons. The molecule has 5 heteroatoms. The van der Waals surface area contributed by atoms with Crippen molar-refractivity contribution < 1.29 is 9.53 Å². The van der Waals surface area contributed by atoms with Gasteiger partial charge in [0.1, 0.15) is 6.61 Å². The SMILES string of the molecule is COCC(=O)NC(C)c1ccc(Cl)cc1Cl. The summed E-state index contributed by atoms with van der Waals surface area (Å²) in [6.07, 6.45) is 0. The fraction of sp³-hybridized carbons (Fsp3) is 0.364. The highest BCUT2D eigenvalue weighted by Gasteiger charge is 2.12. The zero-order valence-electron chi connectivity index (χ0n) is 9.09. The number of carbonyl (C=O) groups is 1. The van der Waals surface area contributed by atoms with Crippen molar-refractivity contribution >= 4 is 29.1 Å². The highest BCUT2D eigenvalue weighted by atomic mass is 35.5. The highest BCUT2D eigenvalue weighted by Crippen LogP contribution is 2.25. The molecule has 0 saturated heterocycles. The van der Waals surface area contributed by atoms with Crippen LogP contribution in [0.15, 0.2) is 18.2 Å².